The second-order valence-electron chi connectivity index (χ2n) is 5.93. The molecule has 0 spiro atoms. The van der Waals surface area contributed by atoms with Gasteiger partial charge in [-0.25, -0.2) is 4.98 Å². The number of carbonyl (C=O) groups is 1. The summed E-state index contributed by atoms with van der Waals surface area (Å²) in [6, 6.07) is 19.5. The Hall–Kier alpha value is -2.46. The fourth-order valence-corrected chi connectivity index (χ4v) is 3.39. The molecule has 0 aliphatic heterocycles. The van der Waals surface area contributed by atoms with E-state index in [9.17, 15) is 4.79 Å². The maximum Gasteiger partial charge on any atom is 0.237 e. The van der Waals surface area contributed by atoms with E-state index in [1.54, 1.807) is 16.2 Å². The minimum atomic E-state index is 0.0251. The number of rotatable bonds is 5. The highest BCUT2D eigenvalue weighted by Gasteiger charge is 2.21. The van der Waals surface area contributed by atoms with Crippen LogP contribution in [0, 0.1) is 0 Å². The highest BCUT2D eigenvalue weighted by atomic mass is 32.1. The van der Waals surface area contributed by atoms with Crippen molar-refractivity contribution in [1.82, 2.24) is 4.98 Å². The number of thiazole rings is 1. The predicted octanol–water partition coefficient (Wildman–Crippen LogP) is 5.17. The third-order valence-corrected chi connectivity index (χ3v) is 5.02. The molecule has 0 N–H and O–H groups in total. The zero-order chi connectivity index (χ0) is 16.9. The molecule has 24 heavy (non-hydrogen) atoms. The van der Waals surface area contributed by atoms with Crippen molar-refractivity contribution in [3.63, 3.8) is 0 Å². The van der Waals surface area contributed by atoms with Gasteiger partial charge in [0.15, 0.2) is 5.13 Å². The average Bonchev–Trinajstić information content (AvgIpc) is 3.07. The molecule has 0 saturated carbocycles. The first-order valence-electron chi connectivity index (χ1n) is 8.03. The molecular formula is C20H20N2OS. The number of nitrogens with zero attached hydrogens (tertiary/aromatic N) is 2. The quantitative estimate of drug-likeness (QED) is 0.643. The summed E-state index contributed by atoms with van der Waals surface area (Å²) in [4.78, 5) is 20.4. The van der Waals surface area contributed by atoms with Crippen LogP contribution in [-0.4, -0.2) is 10.9 Å². The Labute approximate surface area is 146 Å². The predicted molar refractivity (Wildman–Crippen MR) is 99.9 cm³/mol. The lowest BCUT2D eigenvalue weighted by Crippen LogP contribution is -2.27. The van der Waals surface area contributed by atoms with Crippen molar-refractivity contribution < 1.29 is 4.79 Å². The van der Waals surface area contributed by atoms with Gasteiger partial charge in [-0.1, -0.05) is 62.4 Å². The largest absolute Gasteiger partial charge is 0.274 e. The van der Waals surface area contributed by atoms with E-state index in [2.05, 4.69) is 18.8 Å². The van der Waals surface area contributed by atoms with Gasteiger partial charge in [0.05, 0.1) is 12.1 Å². The fraction of sp³-hybridized carbons (Fsp3) is 0.200. The summed E-state index contributed by atoms with van der Waals surface area (Å²) in [6.45, 7) is 4.27. The van der Waals surface area contributed by atoms with Gasteiger partial charge in [-0.2, -0.15) is 0 Å². The third-order valence-electron chi connectivity index (χ3n) is 3.73. The molecule has 1 amide bonds. The van der Waals surface area contributed by atoms with Gasteiger partial charge in [-0.3, -0.25) is 9.69 Å². The molecule has 1 heterocycles. The first kappa shape index (κ1) is 16.4. The molecule has 0 unspecified atom stereocenters. The van der Waals surface area contributed by atoms with E-state index in [4.69, 9.17) is 0 Å². The zero-order valence-electron chi connectivity index (χ0n) is 13.8. The number of carbonyl (C=O) groups excluding carboxylic acids is 1. The van der Waals surface area contributed by atoms with E-state index in [-0.39, 0.29) is 5.91 Å². The van der Waals surface area contributed by atoms with Crippen LogP contribution in [0.2, 0.25) is 0 Å². The summed E-state index contributed by atoms with van der Waals surface area (Å²) in [5.74, 6) is 0.426. The Morgan fingerprint density at radius 3 is 2.25 bits per heavy atom. The number of hydrogen-bond donors (Lipinski definition) is 0. The van der Waals surface area contributed by atoms with Crippen LogP contribution in [0.4, 0.5) is 10.8 Å². The van der Waals surface area contributed by atoms with Crippen molar-refractivity contribution in [1.29, 1.82) is 0 Å². The van der Waals surface area contributed by atoms with Gasteiger partial charge in [0, 0.05) is 11.1 Å². The van der Waals surface area contributed by atoms with Gasteiger partial charge in [-0.15, -0.1) is 11.3 Å². The Kier molecular flexibility index (Phi) is 5.06. The van der Waals surface area contributed by atoms with Crippen LogP contribution < -0.4 is 4.90 Å². The van der Waals surface area contributed by atoms with Crippen LogP contribution in [0.25, 0.3) is 0 Å². The molecule has 0 saturated heterocycles. The minimum Gasteiger partial charge on any atom is -0.274 e. The molecule has 2 aromatic carbocycles. The molecule has 0 atom stereocenters. The molecule has 0 radical (unpaired) electrons. The lowest BCUT2D eigenvalue weighted by molar-refractivity contribution is -0.117. The number of hydrogen-bond acceptors (Lipinski definition) is 3. The van der Waals surface area contributed by atoms with Crippen molar-refractivity contribution in [2.45, 2.75) is 26.2 Å². The minimum absolute atomic E-state index is 0.0251. The Balaban J connectivity index is 1.94. The van der Waals surface area contributed by atoms with Crippen molar-refractivity contribution in [3.05, 3.63) is 77.3 Å². The smallest absolute Gasteiger partial charge is 0.237 e. The highest BCUT2D eigenvalue weighted by molar-refractivity contribution is 7.16. The van der Waals surface area contributed by atoms with E-state index in [1.807, 2.05) is 66.9 Å². The number of anilines is 2. The fourth-order valence-electron chi connectivity index (χ4n) is 2.43. The van der Waals surface area contributed by atoms with E-state index in [1.165, 1.54) is 4.88 Å². The highest BCUT2D eigenvalue weighted by Crippen LogP contribution is 2.33. The molecule has 3 rings (SSSR count). The molecule has 122 valence electrons. The standard InChI is InChI=1S/C20H20N2OS/c1-15(2)18-14-21-20(24-18)22(17-11-7-4-8-12-17)19(23)13-16-9-5-3-6-10-16/h3-12,14-15H,13H2,1-2H3. The number of aromatic nitrogens is 1. The molecular weight excluding hydrogens is 316 g/mol. The van der Waals surface area contributed by atoms with Crippen LogP contribution in [0.3, 0.4) is 0 Å². The number of amides is 1. The molecule has 3 aromatic rings. The summed E-state index contributed by atoms with van der Waals surface area (Å²) in [7, 11) is 0. The molecule has 0 aliphatic rings. The second-order valence-corrected chi connectivity index (χ2v) is 6.97. The molecule has 0 aliphatic carbocycles. The number of para-hydroxylation sites is 1. The monoisotopic (exact) mass is 336 g/mol. The van der Waals surface area contributed by atoms with E-state index >= 15 is 0 Å². The maximum atomic E-state index is 13.0. The van der Waals surface area contributed by atoms with E-state index in [0.29, 0.717) is 12.3 Å². The third kappa shape index (κ3) is 3.71. The summed E-state index contributed by atoms with van der Waals surface area (Å²) in [5.41, 5.74) is 1.85. The SMILES string of the molecule is CC(C)c1cnc(N(C(=O)Cc2ccccc2)c2ccccc2)s1. The van der Waals surface area contributed by atoms with Gasteiger partial charge in [0.25, 0.3) is 0 Å². The Morgan fingerprint density at radius 2 is 1.67 bits per heavy atom. The number of benzene rings is 2. The van der Waals surface area contributed by atoms with Crippen molar-refractivity contribution in [3.8, 4) is 0 Å². The van der Waals surface area contributed by atoms with E-state index < -0.39 is 0 Å². The van der Waals surface area contributed by atoms with Crippen LogP contribution >= 0.6 is 11.3 Å². The molecule has 0 bridgehead atoms. The first-order chi connectivity index (χ1) is 11.6. The summed E-state index contributed by atoms with van der Waals surface area (Å²) in [6.07, 6.45) is 2.22. The van der Waals surface area contributed by atoms with Crippen LogP contribution in [-0.2, 0) is 11.2 Å². The lowest BCUT2D eigenvalue weighted by atomic mass is 10.1. The maximum absolute atomic E-state index is 13.0. The van der Waals surface area contributed by atoms with Crippen LogP contribution in [0.1, 0.15) is 30.2 Å². The van der Waals surface area contributed by atoms with Gasteiger partial charge < -0.3 is 0 Å². The summed E-state index contributed by atoms with van der Waals surface area (Å²) in [5, 5.41) is 0.728. The van der Waals surface area contributed by atoms with Crippen LogP contribution in [0.15, 0.2) is 66.9 Å². The summed E-state index contributed by atoms with van der Waals surface area (Å²) >= 11 is 1.58. The summed E-state index contributed by atoms with van der Waals surface area (Å²) < 4.78 is 0. The van der Waals surface area contributed by atoms with E-state index in [0.717, 1.165) is 16.4 Å². The van der Waals surface area contributed by atoms with Crippen molar-refractivity contribution in [2.75, 3.05) is 4.90 Å². The van der Waals surface area contributed by atoms with Crippen LogP contribution in [0.5, 0.6) is 0 Å². The second kappa shape index (κ2) is 7.41. The zero-order valence-corrected chi connectivity index (χ0v) is 14.7. The Morgan fingerprint density at radius 1 is 1.04 bits per heavy atom. The molecule has 4 heteroatoms. The normalized spacial score (nSPS) is 10.8. The van der Waals surface area contributed by atoms with Gasteiger partial charge >= 0.3 is 0 Å². The van der Waals surface area contributed by atoms with Gasteiger partial charge in [0.2, 0.25) is 5.91 Å². The first-order valence-corrected chi connectivity index (χ1v) is 8.84. The molecule has 1 aromatic heterocycles. The van der Waals surface area contributed by atoms with Crippen molar-refractivity contribution >= 4 is 28.1 Å². The van der Waals surface area contributed by atoms with Gasteiger partial charge in [0.1, 0.15) is 0 Å². The average molecular weight is 336 g/mol. The Bertz CT molecular complexity index is 797. The lowest BCUT2D eigenvalue weighted by Gasteiger charge is -2.20. The van der Waals surface area contributed by atoms with Gasteiger partial charge in [-0.05, 0) is 23.6 Å². The topological polar surface area (TPSA) is 33.2 Å². The molecule has 0 fully saturated rings. The molecule has 3 nitrogen and oxygen atoms in total. The van der Waals surface area contributed by atoms with Crippen molar-refractivity contribution in [2.24, 2.45) is 0 Å².